The van der Waals surface area contributed by atoms with Gasteiger partial charge in [-0.1, -0.05) is 18.2 Å². The fourth-order valence-corrected chi connectivity index (χ4v) is 2.92. The van der Waals surface area contributed by atoms with Gasteiger partial charge in [-0.05, 0) is 6.07 Å². The Kier molecular flexibility index (Phi) is 4.04. The van der Waals surface area contributed by atoms with E-state index in [-0.39, 0.29) is 24.4 Å². The van der Waals surface area contributed by atoms with Gasteiger partial charge in [-0.2, -0.15) is 5.10 Å². The van der Waals surface area contributed by atoms with Crippen LogP contribution in [0.1, 0.15) is 33.4 Å². The van der Waals surface area contributed by atoms with Gasteiger partial charge in [0, 0.05) is 36.3 Å². The number of fused-ring (bicyclic) bond motifs is 2. The Morgan fingerprint density at radius 1 is 1.36 bits per heavy atom. The summed E-state index contributed by atoms with van der Waals surface area (Å²) in [7, 11) is 0. The van der Waals surface area contributed by atoms with E-state index in [1.807, 2.05) is 24.3 Å². The Hall–Kier alpha value is -2.05. The SMILES string of the molecule is Cl.O=C(NC1COc2ccccc21)c1n[nH]c2c1CNCC2. The van der Waals surface area contributed by atoms with Gasteiger partial charge in [-0.25, -0.2) is 0 Å². The predicted octanol–water partition coefficient (Wildman–Crippen LogP) is 1.34. The highest BCUT2D eigenvalue weighted by atomic mass is 35.5. The van der Waals surface area contributed by atoms with Crippen LogP contribution >= 0.6 is 12.4 Å². The number of H-pyrrole nitrogens is 1. The molecular formula is C15H17ClN4O2. The number of carbonyl (C=O) groups excluding carboxylic acids is 1. The van der Waals surface area contributed by atoms with Gasteiger partial charge < -0.3 is 15.4 Å². The number of amides is 1. The Morgan fingerprint density at radius 3 is 3.14 bits per heavy atom. The van der Waals surface area contributed by atoms with Crippen LogP contribution in [0.4, 0.5) is 0 Å². The molecule has 2 aliphatic rings. The van der Waals surface area contributed by atoms with E-state index >= 15 is 0 Å². The molecule has 22 heavy (non-hydrogen) atoms. The van der Waals surface area contributed by atoms with Gasteiger partial charge in [0.1, 0.15) is 12.4 Å². The Morgan fingerprint density at radius 2 is 2.23 bits per heavy atom. The summed E-state index contributed by atoms with van der Waals surface area (Å²) in [5, 5.41) is 13.4. The van der Waals surface area contributed by atoms with Gasteiger partial charge >= 0.3 is 0 Å². The topological polar surface area (TPSA) is 79.0 Å². The van der Waals surface area contributed by atoms with E-state index in [0.29, 0.717) is 18.8 Å². The van der Waals surface area contributed by atoms with Crippen molar-refractivity contribution in [3.05, 3.63) is 46.8 Å². The van der Waals surface area contributed by atoms with Crippen LogP contribution in [0.25, 0.3) is 0 Å². The van der Waals surface area contributed by atoms with Crippen molar-refractivity contribution in [3.8, 4) is 5.75 Å². The molecule has 6 nitrogen and oxygen atoms in total. The van der Waals surface area contributed by atoms with Crippen LogP contribution in [0.15, 0.2) is 24.3 Å². The molecule has 1 aromatic carbocycles. The van der Waals surface area contributed by atoms with Crippen molar-refractivity contribution in [2.45, 2.75) is 19.0 Å². The highest BCUT2D eigenvalue weighted by molar-refractivity contribution is 5.94. The van der Waals surface area contributed by atoms with E-state index in [2.05, 4.69) is 20.8 Å². The number of aromatic amines is 1. The number of carbonyl (C=O) groups is 1. The first-order chi connectivity index (χ1) is 10.3. The number of ether oxygens (including phenoxy) is 1. The number of hydrogen-bond donors (Lipinski definition) is 3. The molecule has 3 N–H and O–H groups in total. The molecule has 0 aliphatic carbocycles. The summed E-state index contributed by atoms with van der Waals surface area (Å²) in [6, 6.07) is 7.67. The summed E-state index contributed by atoms with van der Waals surface area (Å²) in [6.45, 7) is 2.07. The van der Waals surface area contributed by atoms with E-state index < -0.39 is 0 Å². The van der Waals surface area contributed by atoms with Crippen LogP contribution in [0.5, 0.6) is 5.75 Å². The standard InChI is InChI=1S/C15H16N4O2.ClH/c20-15(14-10-7-16-6-5-11(10)18-19-14)17-12-8-21-13-4-2-1-3-9(12)13;/h1-4,12,16H,5-8H2,(H,17,20)(H,18,19);1H. The number of para-hydroxylation sites is 1. The maximum Gasteiger partial charge on any atom is 0.272 e. The van der Waals surface area contributed by atoms with Crippen molar-refractivity contribution in [1.82, 2.24) is 20.8 Å². The van der Waals surface area contributed by atoms with E-state index in [1.54, 1.807) is 0 Å². The first-order valence-electron chi connectivity index (χ1n) is 7.12. The monoisotopic (exact) mass is 320 g/mol. The maximum absolute atomic E-state index is 12.5. The van der Waals surface area contributed by atoms with E-state index in [1.165, 1.54) is 0 Å². The normalized spacial score (nSPS) is 18.6. The molecule has 0 saturated carbocycles. The van der Waals surface area contributed by atoms with E-state index in [0.717, 1.165) is 35.5 Å². The highest BCUT2D eigenvalue weighted by Crippen LogP contribution is 2.31. The average molecular weight is 321 g/mol. The van der Waals surface area contributed by atoms with E-state index in [9.17, 15) is 4.79 Å². The second-order valence-corrected chi connectivity index (χ2v) is 5.33. The summed E-state index contributed by atoms with van der Waals surface area (Å²) in [5.41, 5.74) is 3.54. The number of rotatable bonds is 2. The number of benzene rings is 1. The lowest BCUT2D eigenvalue weighted by atomic mass is 10.1. The Balaban J connectivity index is 0.00000144. The van der Waals surface area contributed by atoms with Crippen LogP contribution in [-0.2, 0) is 13.0 Å². The van der Waals surface area contributed by atoms with Gasteiger partial charge in [-0.3, -0.25) is 9.89 Å². The zero-order valence-corrected chi connectivity index (χ0v) is 12.7. The molecule has 1 amide bonds. The molecule has 1 aromatic heterocycles. The fourth-order valence-electron chi connectivity index (χ4n) is 2.92. The van der Waals surface area contributed by atoms with Crippen molar-refractivity contribution < 1.29 is 9.53 Å². The smallest absolute Gasteiger partial charge is 0.272 e. The molecule has 4 rings (SSSR count). The van der Waals surface area contributed by atoms with Crippen molar-refractivity contribution in [3.63, 3.8) is 0 Å². The molecule has 2 aliphatic heterocycles. The number of hydrogen-bond acceptors (Lipinski definition) is 4. The van der Waals surface area contributed by atoms with Crippen LogP contribution in [-0.4, -0.2) is 29.3 Å². The third-order valence-electron chi connectivity index (χ3n) is 4.03. The van der Waals surface area contributed by atoms with E-state index in [4.69, 9.17) is 4.74 Å². The molecule has 1 atom stereocenters. The number of nitrogens with one attached hydrogen (secondary N) is 3. The molecule has 2 aromatic rings. The lowest BCUT2D eigenvalue weighted by molar-refractivity contribution is 0.0924. The molecule has 3 heterocycles. The molecule has 1 unspecified atom stereocenters. The summed E-state index contributed by atoms with van der Waals surface area (Å²) in [4.78, 5) is 12.5. The van der Waals surface area contributed by atoms with Crippen molar-refractivity contribution >= 4 is 18.3 Å². The lowest BCUT2D eigenvalue weighted by Crippen LogP contribution is -2.32. The summed E-state index contributed by atoms with van der Waals surface area (Å²) >= 11 is 0. The molecular weight excluding hydrogens is 304 g/mol. The second-order valence-electron chi connectivity index (χ2n) is 5.33. The molecule has 0 bridgehead atoms. The van der Waals surface area contributed by atoms with Crippen LogP contribution in [0.3, 0.4) is 0 Å². The molecule has 0 spiro atoms. The molecule has 0 radical (unpaired) electrons. The van der Waals surface area contributed by atoms with Gasteiger partial charge in [0.25, 0.3) is 5.91 Å². The minimum absolute atomic E-state index is 0. The molecule has 0 fully saturated rings. The summed E-state index contributed by atoms with van der Waals surface area (Å²) in [5.74, 6) is 0.690. The van der Waals surface area contributed by atoms with Crippen molar-refractivity contribution in [1.29, 1.82) is 0 Å². The number of halogens is 1. The van der Waals surface area contributed by atoms with Gasteiger partial charge in [-0.15, -0.1) is 12.4 Å². The zero-order chi connectivity index (χ0) is 14.2. The highest BCUT2D eigenvalue weighted by Gasteiger charge is 2.28. The molecule has 0 saturated heterocycles. The third-order valence-corrected chi connectivity index (χ3v) is 4.03. The van der Waals surface area contributed by atoms with Crippen molar-refractivity contribution in [2.24, 2.45) is 0 Å². The number of aromatic nitrogens is 2. The Bertz CT molecular complexity index is 701. The summed E-state index contributed by atoms with van der Waals surface area (Å²) < 4.78 is 5.59. The molecule has 7 heteroatoms. The largest absolute Gasteiger partial charge is 0.491 e. The maximum atomic E-state index is 12.5. The third kappa shape index (κ3) is 2.44. The van der Waals surface area contributed by atoms with Gasteiger partial charge in [0.2, 0.25) is 0 Å². The molecule has 116 valence electrons. The number of nitrogens with zero attached hydrogens (tertiary/aromatic N) is 1. The average Bonchev–Trinajstić information content (AvgIpc) is 3.12. The first kappa shape index (κ1) is 14.9. The van der Waals surface area contributed by atoms with Crippen LogP contribution in [0.2, 0.25) is 0 Å². The lowest BCUT2D eigenvalue weighted by Gasteiger charge is -2.14. The zero-order valence-electron chi connectivity index (χ0n) is 11.9. The quantitative estimate of drug-likeness (QED) is 0.780. The minimum Gasteiger partial charge on any atom is -0.491 e. The van der Waals surface area contributed by atoms with Gasteiger partial charge in [0.05, 0.1) is 6.04 Å². The van der Waals surface area contributed by atoms with Crippen LogP contribution < -0.4 is 15.4 Å². The Labute approximate surface area is 134 Å². The predicted molar refractivity (Wildman–Crippen MR) is 83.4 cm³/mol. The van der Waals surface area contributed by atoms with Crippen LogP contribution in [0, 0.1) is 0 Å². The minimum atomic E-state index is -0.151. The van der Waals surface area contributed by atoms with Gasteiger partial charge in [0.15, 0.2) is 5.69 Å². The van der Waals surface area contributed by atoms with Crippen molar-refractivity contribution in [2.75, 3.05) is 13.2 Å². The first-order valence-corrected chi connectivity index (χ1v) is 7.12. The summed E-state index contributed by atoms with van der Waals surface area (Å²) in [6.07, 6.45) is 0.880. The fraction of sp³-hybridized carbons (Fsp3) is 0.333. The second kappa shape index (κ2) is 5.98.